The predicted octanol–water partition coefficient (Wildman–Crippen LogP) is 4.39. The Kier molecular flexibility index (Phi) is 4.42. The van der Waals surface area contributed by atoms with Gasteiger partial charge in [0.25, 0.3) is 0 Å². The smallest absolute Gasteiger partial charge is 0.338 e. The van der Waals surface area contributed by atoms with Crippen LogP contribution < -0.4 is 0 Å². The first-order chi connectivity index (χ1) is 11.2. The quantitative estimate of drug-likeness (QED) is 0.623. The maximum Gasteiger partial charge on any atom is 0.338 e. The van der Waals surface area contributed by atoms with Crippen molar-refractivity contribution in [3.63, 3.8) is 0 Å². The molecular weight excluding hydrogens is 288 g/mol. The molecule has 0 aromatic heterocycles. The maximum absolute atomic E-state index is 12.0. The Morgan fingerprint density at radius 2 is 1.87 bits per heavy atom. The monoisotopic (exact) mass is 306 g/mol. The Hall–Kier alpha value is -2.61. The highest BCUT2D eigenvalue weighted by molar-refractivity contribution is 5.91. The minimum atomic E-state index is -0.365. The van der Waals surface area contributed by atoms with Crippen LogP contribution >= 0.6 is 0 Å². The van der Waals surface area contributed by atoms with Crippen LogP contribution in [0.4, 0.5) is 0 Å². The number of rotatable bonds is 3. The topological polar surface area (TPSA) is 35.5 Å². The predicted molar refractivity (Wildman–Crippen MR) is 88.1 cm³/mol. The van der Waals surface area contributed by atoms with E-state index in [4.69, 9.17) is 9.47 Å². The molecule has 116 valence electrons. The summed E-state index contributed by atoms with van der Waals surface area (Å²) in [6.45, 7) is 3.78. The minimum Gasteiger partial charge on any atom is -0.465 e. The molecule has 1 saturated heterocycles. The van der Waals surface area contributed by atoms with Crippen LogP contribution in [0.1, 0.15) is 40.1 Å². The lowest BCUT2D eigenvalue weighted by molar-refractivity contribution is 0.0476. The molecule has 0 N–H and O–H groups in total. The number of carbonyl (C=O) groups excluding carboxylic acids is 1. The number of hydrogen-bond donors (Lipinski definition) is 0. The molecule has 3 heteroatoms. The van der Waals surface area contributed by atoms with Crippen molar-refractivity contribution in [1.82, 2.24) is 0 Å². The van der Waals surface area contributed by atoms with E-state index in [-0.39, 0.29) is 18.2 Å². The lowest BCUT2D eigenvalue weighted by atomic mass is 9.96. The van der Waals surface area contributed by atoms with E-state index < -0.39 is 0 Å². The van der Waals surface area contributed by atoms with E-state index in [2.05, 4.69) is 12.3 Å². The third-order valence-corrected chi connectivity index (χ3v) is 4.07. The molecule has 23 heavy (non-hydrogen) atoms. The van der Waals surface area contributed by atoms with E-state index in [9.17, 15) is 4.79 Å². The molecule has 0 spiro atoms. The van der Waals surface area contributed by atoms with Crippen LogP contribution in [-0.2, 0) is 9.47 Å². The molecule has 1 fully saturated rings. The molecule has 1 heterocycles. The molecule has 2 atom stereocenters. The molecule has 0 radical (unpaired) electrons. The van der Waals surface area contributed by atoms with Crippen molar-refractivity contribution in [2.24, 2.45) is 0 Å². The molecule has 2 aromatic carbocycles. The van der Waals surface area contributed by atoms with Crippen molar-refractivity contribution in [2.45, 2.75) is 18.6 Å². The molecule has 3 rings (SSSR count). The van der Waals surface area contributed by atoms with Crippen LogP contribution in [0.5, 0.6) is 0 Å². The summed E-state index contributed by atoms with van der Waals surface area (Å²) in [6.07, 6.45) is 0.331. The molecule has 0 saturated carbocycles. The first kappa shape index (κ1) is 15.3. The van der Waals surface area contributed by atoms with Gasteiger partial charge in [0.15, 0.2) is 0 Å². The molecule has 0 aliphatic carbocycles. The fourth-order valence-electron chi connectivity index (χ4n) is 2.91. The molecule has 3 nitrogen and oxygen atoms in total. The van der Waals surface area contributed by atoms with Gasteiger partial charge in [-0.1, -0.05) is 55.1 Å². The zero-order valence-corrected chi connectivity index (χ0v) is 13.0. The molecule has 2 aromatic rings. The van der Waals surface area contributed by atoms with Gasteiger partial charge in [0.1, 0.15) is 6.10 Å². The van der Waals surface area contributed by atoms with E-state index in [1.165, 1.54) is 7.11 Å². The number of methoxy groups -OCH3 is 1. The van der Waals surface area contributed by atoms with Crippen LogP contribution in [-0.4, -0.2) is 13.1 Å². The van der Waals surface area contributed by atoms with Crippen molar-refractivity contribution >= 4 is 5.97 Å². The van der Waals surface area contributed by atoms with Crippen LogP contribution in [0.15, 0.2) is 72.5 Å². The summed E-state index contributed by atoms with van der Waals surface area (Å²) in [4.78, 5) is 12.0. The van der Waals surface area contributed by atoms with E-state index >= 15 is 0 Å². The van der Waals surface area contributed by atoms with E-state index in [0.29, 0.717) is 12.0 Å². The Balaban J connectivity index is 1.97. The van der Waals surface area contributed by atoms with Gasteiger partial charge >= 0.3 is 5.97 Å². The summed E-state index contributed by atoms with van der Waals surface area (Å²) in [5.41, 5.74) is 6.36. The van der Waals surface area contributed by atoms with Crippen molar-refractivity contribution in [2.75, 3.05) is 7.11 Å². The van der Waals surface area contributed by atoms with Gasteiger partial charge in [0.2, 0.25) is 0 Å². The summed E-state index contributed by atoms with van der Waals surface area (Å²) in [6, 6.07) is 17.4. The second kappa shape index (κ2) is 6.66. The summed E-state index contributed by atoms with van der Waals surface area (Å²) in [7, 11) is 1.38. The largest absolute Gasteiger partial charge is 0.465 e. The molecule has 0 bridgehead atoms. The summed E-state index contributed by atoms with van der Waals surface area (Å²) in [5, 5.41) is 0. The highest BCUT2D eigenvalue weighted by atomic mass is 16.5. The number of hydrogen-bond acceptors (Lipinski definition) is 3. The molecule has 0 unspecified atom stereocenters. The minimum absolute atomic E-state index is 0.0591. The first-order valence-electron chi connectivity index (χ1n) is 7.51. The van der Waals surface area contributed by atoms with Crippen LogP contribution in [0.3, 0.4) is 0 Å². The highest BCUT2D eigenvalue weighted by Crippen LogP contribution is 2.45. The fraction of sp³-hybridized carbons (Fsp3) is 0.200. The Labute approximate surface area is 135 Å². The molecule has 0 amide bonds. The van der Waals surface area contributed by atoms with E-state index in [1.807, 2.05) is 48.5 Å². The number of esters is 1. The van der Waals surface area contributed by atoms with Gasteiger partial charge in [-0.05, 0) is 11.6 Å². The Bertz CT molecular complexity index is 757. The van der Waals surface area contributed by atoms with Crippen molar-refractivity contribution in [1.29, 1.82) is 0 Å². The van der Waals surface area contributed by atoms with Crippen LogP contribution in [0.2, 0.25) is 0 Å². The van der Waals surface area contributed by atoms with E-state index in [0.717, 1.165) is 16.7 Å². The van der Waals surface area contributed by atoms with Gasteiger partial charge in [-0.2, -0.15) is 0 Å². The van der Waals surface area contributed by atoms with E-state index in [1.54, 1.807) is 6.07 Å². The van der Waals surface area contributed by atoms with Crippen LogP contribution in [0, 0.1) is 0 Å². The van der Waals surface area contributed by atoms with Gasteiger partial charge in [-0.25, -0.2) is 4.79 Å². The van der Waals surface area contributed by atoms with Gasteiger partial charge in [-0.15, -0.1) is 5.73 Å². The van der Waals surface area contributed by atoms with Gasteiger partial charge in [0, 0.05) is 17.6 Å². The maximum atomic E-state index is 12.0. The zero-order chi connectivity index (χ0) is 16.2. The third-order valence-electron chi connectivity index (χ3n) is 4.07. The lowest BCUT2D eigenvalue weighted by Crippen LogP contribution is -2.10. The third kappa shape index (κ3) is 2.98. The average Bonchev–Trinajstić information content (AvgIpc) is 3.06. The van der Waals surface area contributed by atoms with Gasteiger partial charge < -0.3 is 9.47 Å². The Morgan fingerprint density at radius 3 is 2.57 bits per heavy atom. The normalized spacial score (nSPS) is 20.1. The van der Waals surface area contributed by atoms with Gasteiger partial charge in [0.05, 0.1) is 18.8 Å². The summed E-state index contributed by atoms with van der Waals surface area (Å²) in [5.74, 6) is -0.365. The zero-order valence-electron chi connectivity index (χ0n) is 13.0. The standard InChI is InChI=1S/C20H18O3/c1-3-14-13-18(15-9-5-4-6-10-15)23-19(14)16-11-7-8-12-17(16)20(21)22-2/h4-12,18-19H,1,13H2,2H3/t18-,19+/m0/s1. The SMILES string of the molecule is C=C=C1C[C@@H](c2ccccc2)O[C@H]1c1ccccc1C(=O)OC. The van der Waals surface area contributed by atoms with Gasteiger partial charge in [-0.3, -0.25) is 0 Å². The first-order valence-corrected chi connectivity index (χ1v) is 7.51. The second-order valence-corrected chi connectivity index (χ2v) is 5.40. The molecule has 1 aliphatic rings. The highest BCUT2D eigenvalue weighted by Gasteiger charge is 2.34. The summed E-state index contributed by atoms with van der Waals surface area (Å²) < 4.78 is 11.1. The second-order valence-electron chi connectivity index (χ2n) is 5.40. The lowest BCUT2D eigenvalue weighted by Gasteiger charge is -2.16. The fourth-order valence-corrected chi connectivity index (χ4v) is 2.91. The van der Waals surface area contributed by atoms with Crippen molar-refractivity contribution < 1.29 is 14.3 Å². The van der Waals surface area contributed by atoms with Crippen molar-refractivity contribution in [3.05, 3.63) is 89.2 Å². The summed E-state index contributed by atoms with van der Waals surface area (Å²) >= 11 is 0. The average molecular weight is 306 g/mol. The van der Waals surface area contributed by atoms with Crippen molar-refractivity contribution in [3.8, 4) is 0 Å². The molecule has 1 aliphatic heterocycles. The number of ether oxygens (including phenoxy) is 2. The molecular formula is C20H18O3. The Morgan fingerprint density at radius 1 is 1.17 bits per heavy atom. The number of carbonyl (C=O) groups is 1. The number of benzene rings is 2. The van der Waals surface area contributed by atoms with Crippen LogP contribution in [0.25, 0.3) is 0 Å².